The fourth-order valence-corrected chi connectivity index (χ4v) is 4.63. The lowest BCUT2D eigenvalue weighted by molar-refractivity contribution is 0.172. The number of likely N-dealkylation sites (tertiary alicyclic amines) is 1. The average molecular weight is 480 g/mol. The van der Waals surface area contributed by atoms with Gasteiger partial charge in [0.25, 0.3) is 0 Å². The molecule has 186 valence electrons. The van der Waals surface area contributed by atoms with Crippen LogP contribution in [-0.4, -0.2) is 57.3 Å². The predicted molar refractivity (Wildman–Crippen MR) is 134 cm³/mol. The summed E-state index contributed by atoms with van der Waals surface area (Å²) < 4.78 is 14.9. The standard InChI is InChI=1S/C26H34FN7O/c1-2-15-34-25(30-31-32-34)22-8-12-24(13-9-22)29-26(35)28-14-4-17-33-16-3-5-21(19-33)18-20-6-10-23(27)11-7-20/h6-13,21H,2-5,14-19H2,1H3,(H2,28,29,35)/t21-/m0/s1. The summed E-state index contributed by atoms with van der Waals surface area (Å²) in [6.45, 7) is 6.57. The number of carbonyl (C=O) groups is 1. The van der Waals surface area contributed by atoms with Gasteiger partial charge in [-0.05, 0) is 103 Å². The van der Waals surface area contributed by atoms with E-state index in [4.69, 9.17) is 0 Å². The Morgan fingerprint density at radius 3 is 2.69 bits per heavy atom. The molecule has 2 heterocycles. The molecule has 0 aliphatic carbocycles. The van der Waals surface area contributed by atoms with Crippen LogP contribution < -0.4 is 10.6 Å². The monoisotopic (exact) mass is 479 g/mol. The van der Waals surface area contributed by atoms with Crippen molar-refractivity contribution in [1.82, 2.24) is 30.4 Å². The van der Waals surface area contributed by atoms with Crippen molar-refractivity contribution in [1.29, 1.82) is 0 Å². The lowest BCUT2D eigenvalue weighted by Gasteiger charge is -2.32. The molecule has 1 fully saturated rings. The molecule has 2 amide bonds. The van der Waals surface area contributed by atoms with Crippen molar-refractivity contribution in [2.24, 2.45) is 5.92 Å². The van der Waals surface area contributed by atoms with E-state index in [1.54, 1.807) is 16.8 Å². The first-order valence-electron chi connectivity index (χ1n) is 12.5. The fourth-order valence-electron chi connectivity index (χ4n) is 4.63. The Bertz CT molecular complexity index is 1070. The zero-order chi connectivity index (χ0) is 24.5. The molecule has 1 aromatic heterocycles. The molecule has 2 aromatic carbocycles. The van der Waals surface area contributed by atoms with Gasteiger partial charge in [0.2, 0.25) is 0 Å². The predicted octanol–water partition coefficient (Wildman–Crippen LogP) is 4.36. The number of aryl methyl sites for hydroxylation is 1. The van der Waals surface area contributed by atoms with Gasteiger partial charge in [0.05, 0.1) is 0 Å². The number of amides is 2. The van der Waals surface area contributed by atoms with Crippen molar-refractivity contribution < 1.29 is 9.18 Å². The van der Waals surface area contributed by atoms with E-state index in [1.165, 1.54) is 18.4 Å². The molecule has 8 nitrogen and oxygen atoms in total. The minimum Gasteiger partial charge on any atom is -0.338 e. The van der Waals surface area contributed by atoms with Crippen LogP contribution in [0.2, 0.25) is 0 Å². The van der Waals surface area contributed by atoms with E-state index < -0.39 is 0 Å². The van der Waals surface area contributed by atoms with Crippen molar-refractivity contribution in [3.8, 4) is 11.4 Å². The number of aromatic nitrogens is 4. The number of benzene rings is 2. The molecule has 1 saturated heterocycles. The first-order valence-corrected chi connectivity index (χ1v) is 12.5. The Balaban J connectivity index is 1.15. The molecule has 1 atom stereocenters. The van der Waals surface area contributed by atoms with Crippen LogP contribution in [0.3, 0.4) is 0 Å². The lowest BCUT2D eigenvalue weighted by Crippen LogP contribution is -2.38. The van der Waals surface area contributed by atoms with Gasteiger partial charge < -0.3 is 15.5 Å². The van der Waals surface area contributed by atoms with E-state index in [2.05, 4.69) is 38.0 Å². The maximum Gasteiger partial charge on any atom is 0.319 e. The number of nitrogens with one attached hydrogen (secondary N) is 2. The average Bonchev–Trinajstić information content (AvgIpc) is 3.33. The number of nitrogens with zero attached hydrogens (tertiary/aromatic N) is 5. The number of carbonyl (C=O) groups excluding carboxylic acids is 1. The van der Waals surface area contributed by atoms with E-state index in [9.17, 15) is 9.18 Å². The quantitative estimate of drug-likeness (QED) is 0.422. The molecule has 1 aliphatic rings. The van der Waals surface area contributed by atoms with Crippen molar-refractivity contribution >= 4 is 11.7 Å². The molecular formula is C26H34FN7O. The van der Waals surface area contributed by atoms with Crippen LogP contribution >= 0.6 is 0 Å². The highest BCUT2D eigenvalue weighted by Gasteiger charge is 2.20. The molecular weight excluding hydrogens is 445 g/mol. The van der Waals surface area contributed by atoms with Crippen LogP contribution in [0.4, 0.5) is 14.9 Å². The lowest BCUT2D eigenvalue weighted by atomic mass is 9.91. The zero-order valence-electron chi connectivity index (χ0n) is 20.3. The van der Waals surface area contributed by atoms with Gasteiger partial charge in [-0.25, -0.2) is 13.9 Å². The molecule has 2 N–H and O–H groups in total. The summed E-state index contributed by atoms with van der Waals surface area (Å²) in [5.41, 5.74) is 2.83. The topological polar surface area (TPSA) is 88.0 Å². The summed E-state index contributed by atoms with van der Waals surface area (Å²) in [6, 6.07) is 14.2. The highest BCUT2D eigenvalue weighted by molar-refractivity contribution is 5.89. The SMILES string of the molecule is CCCn1nnnc1-c1ccc(NC(=O)NCCCN2CCC[C@@H](Cc3ccc(F)cc3)C2)cc1. The van der Waals surface area contributed by atoms with E-state index in [0.29, 0.717) is 12.5 Å². The second-order valence-corrected chi connectivity index (χ2v) is 9.18. The molecule has 0 spiro atoms. The van der Waals surface area contributed by atoms with Gasteiger partial charge in [-0.3, -0.25) is 0 Å². The molecule has 0 bridgehead atoms. The van der Waals surface area contributed by atoms with E-state index in [-0.39, 0.29) is 11.8 Å². The molecule has 3 aromatic rings. The van der Waals surface area contributed by atoms with Gasteiger partial charge >= 0.3 is 6.03 Å². The van der Waals surface area contributed by atoms with Gasteiger partial charge in [0.1, 0.15) is 5.82 Å². The molecule has 0 saturated carbocycles. The van der Waals surface area contributed by atoms with Crippen molar-refractivity contribution in [3.63, 3.8) is 0 Å². The number of piperidine rings is 1. The Kier molecular flexibility index (Phi) is 8.78. The van der Waals surface area contributed by atoms with Crippen molar-refractivity contribution in [2.45, 2.75) is 45.6 Å². The third-order valence-corrected chi connectivity index (χ3v) is 6.35. The molecule has 4 rings (SSSR count). The first-order chi connectivity index (χ1) is 17.1. The maximum absolute atomic E-state index is 13.1. The van der Waals surface area contributed by atoms with E-state index in [0.717, 1.165) is 62.5 Å². The van der Waals surface area contributed by atoms with Gasteiger partial charge in [0, 0.05) is 30.9 Å². The minimum atomic E-state index is -0.207. The van der Waals surface area contributed by atoms with E-state index >= 15 is 0 Å². The highest BCUT2D eigenvalue weighted by Crippen LogP contribution is 2.21. The summed E-state index contributed by atoms with van der Waals surface area (Å²) in [7, 11) is 0. The van der Waals surface area contributed by atoms with Gasteiger partial charge in [-0.2, -0.15) is 0 Å². The third-order valence-electron chi connectivity index (χ3n) is 6.35. The minimum absolute atomic E-state index is 0.182. The molecule has 35 heavy (non-hydrogen) atoms. The first kappa shape index (κ1) is 24.8. The number of hydrogen-bond acceptors (Lipinski definition) is 5. The van der Waals surface area contributed by atoms with Crippen LogP contribution in [0.5, 0.6) is 0 Å². The highest BCUT2D eigenvalue weighted by atomic mass is 19.1. The zero-order valence-corrected chi connectivity index (χ0v) is 20.3. The van der Waals surface area contributed by atoms with Crippen LogP contribution in [0.1, 0.15) is 38.2 Å². The van der Waals surface area contributed by atoms with Crippen LogP contribution in [0, 0.1) is 11.7 Å². The van der Waals surface area contributed by atoms with E-state index in [1.807, 2.05) is 36.4 Å². The Morgan fingerprint density at radius 2 is 1.91 bits per heavy atom. The Morgan fingerprint density at radius 1 is 1.11 bits per heavy atom. The molecule has 9 heteroatoms. The molecule has 0 unspecified atom stereocenters. The van der Waals surface area contributed by atoms with Gasteiger partial charge in [-0.1, -0.05) is 19.1 Å². The van der Waals surface area contributed by atoms with Gasteiger partial charge in [-0.15, -0.1) is 5.10 Å². The smallest absolute Gasteiger partial charge is 0.319 e. The second kappa shape index (κ2) is 12.4. The number of tetrazole rings is 1. The number of halogens is 1. The number of anilines is 1. The number of hydrogen-bond donors (Lipinski definition) is 2. The summed E-state index contributed by atoms with van der Waals surface area (Å²) in [5, 5.41) is 17.7. The summed E-state index contributed by atoms with van der Waals surface area (Å²) >= 11 is 0. The third kappa shape index (κ3) is 7.32. The largest absolute Gasteiger partial charge is 0.338 e. The summed E-state index contributed by atoms with van der Waals surface area (Å²) in [4.78, 5) is 14.8. The number of urea groups is 1. The molecule has 0 radical (unpaired) electrons. The second-order valence-electron chi connectivity index (χ2n) is 9.18. The van der Waals surface area contributed by atoms with Gasteiger partial charge in [0.15, 0.2) is 5.82 Å². The Labute approximate surface area is 205 Å². The van der Waals surface area contributed by atoms with Crippen LogP contribution in [0.15, 0.2) is 48.5 Å². The van der Waals surface area contributed by atoms with Crippen molar-refractivity contribution in [3.05, 3.63) is 59.9 Å². The van der Waals surface area contributed by atoms with Crippen LogP contribution in [0.25, 0.3) is 11.4 Å². The number of rotatable bonds is 10. The van der Waals surface area contributed by atoms with Crippen LogP contribution in [-0.2, 0) is 13.0 Å². The normalized spacial score (nSPS) is 16.2. The maximum atomic E-state index is 13.1. The summed E-state index contributed by atoms with van der Waals surface area (Å²) in [5.74, 6) is 1.14. The fraction of sp³-hybridized carbons (Fsp3) is 0.462. The summed E-state index contributed by atoms with van der Waals surface area (Å²) in [6.07, 6.45) is 5.23. The molecule has 1 aliphatic heterocycles. The Hall–Kier alpha value is -3.33. The van der Waals surface area contributed by atoms with Crippen molar-refractivity contribution in [2.75, 3.05) is 31.5 Å².